The van der Waals surface area contributed by atoms with Gasteiger partial charge in [-0.15, -0.1) is 0 Å². The molecule has 4 heteroatoms. The molecule has 0 saturated carbocycles. The molecule has 0 fully saturated rings. The van der Waals surface area contributed by atoms with Gasteiger partial charge in [-0.1, -0.05) is 26.0 Å². The molecule has 0 amide bonds. The van der Waals surface area contributed by atoms with E-state index in [4.69, 9.17) is 9.84 Å². The van der Waals surface area contributed by atoms with Crippen molar-refractivity contribution in [3.63, 3.8) is 0 Å². The summed E-state index contributed by atoms with van der Waals surface area (Å²) in [4.78, 5) is 11.1. The summed E-state index contributed by atoms with van der Waals surface area (Å²) < 4.78 is 5.42. The van der Waals surface area contributed by atoms with Gasteiger partial charge in [-0.25, -0.2) is 4.79 Å². The molecule has 0 spiro atoms. The molecule has 1 aromatic carbocycles. The number of benzene rings is 1. The van der Waals surface area contributed by atoms with Gasteiger partial charge in [0.1, 0.15) is 5.75 Å². The van der Waals surface area contributed by atoms with Crippen LogP contribution < -0.4 is 0 Å². The van der Waals surface area contributed by atoms with Gasteiger partial charge in [0.25, 0.3) is 0 Å². The van der Waals surface area contributed by atoms with Crippen molar-refractivity contribution in [3.05, 3.63) is 29.8 Å². The molecule has 0 unspecified atom stereocenters. The molecule has 19 heavy (non-hydrogen) atoms. The van der Waals surface area contributed by atoms with E-state index in [0.29, 0.717) is 12.5 Å². The Balaban J connectivity index is 2.47. The van der Waals surface area contributed by atoms with Crippen LogP contribution in [0, 0.1) is 5.92 Å². The first-order chi connectivity index (χ1) is 8.99. The zero-order chi connectivity index (χ0) is 14.3. The van der Waals surface area contributed by atoms with Crippen LogP contribution in [0.3, 0.4) is 0 Å². The van der Waals surface area contributed by atoms with Gasteiger partial charge < -0.3 is 14.9 Å². The van der Waals surface area contributed by atoms with E-state index in [0.717, 1.165) is 18.4 Å². The third-order valence-corrected chi connectivity index (χ3v) is 2.85. The topological polar surface area (TPSA) is 66.8 Å². The number of phenolic OH excluding ortho intramolecular Hbond substituents is 1. The van der Waals surface area contributed by atoms with E-state index in [1.54, 1.807) is 24.3 Å². The van der Waals surface area contributed by atoms with Crippen molar-refractivity contribution in [2.45, 2.75) is 39.2 Å². The molecule has 0 aliphatic heterocycles. The van der Waals surface area contributed by atoms with E-state index < -0.39 is 12.1 Å². The maximum Gasteiger partial charge on any atom is 0.333 e. The Morgan fingerprint density at radius 3 is 2.68 bits per heavy atom. The highest BCUT2D eigenvalue weighted by molar-refractivity contribution is 5.72. The first kappa shape index (κ1) is 15.5. The van der Waals surface area contributed by atoms with Gasteiger partial charge in [0.2, 0.25) is 0 Å². The van der Waals surface area contributed by atoms with Crippen LogP contribution in [-0.4, -0.2) is 28.9 Å². The molecule has 0 aliphatic rings. The van der Waals surface area contributed by atoms with Crippen LogP contribution >= 0.6 is 0 Å². The van der Waals surface area contributed by atoms with Crippen LogP contribution in [0.1, 0.15) is 32.3 Å². The maximum atomic E-state index is 11.1. The van der Waals surface area contributed by atoms with Crippen molar-refractivity contribution in [1.82, 2.24) is 0 Å². The zero-order valence-electron chi connectivity index (χ0n) is 11.5. The normalized spacial score (nSPS) is 12.6. The van der Waals surface area contributed by atoms with Gasteiger partial charge >= 0.3 is 5.97 Å². The third kappa shape index (κ3) is 6.25. The minimum absolute atomic E-state index is 0.140. The van der Waals surface area contributed by atoms with E-state index in [9.17, 15) is 9.90 Å². The van der Waals surface area contributed by atoms with Crippen molar-refractivity contribution < 1.29 is 19.7 Å². The molecule has 1 rings (SSSR count). The fourth-order valence-electron chi connectivity index (χ4n) is 1.83. The highest BCUT2D eigenvalue weighted by Gasteiger charge is 2.18. The third-order valence-electron chi connectivity index (χ3n) is 2.85. The summed E-state index contributed by atoms with van der Waals surface area (Å²) in [6.45, 7) is 4.71. The molecule has 0 radical (unpaired) electrons. The number of aliphatic carboxylic acids is 1. The summed E-state index contributed by atoms with van der Waals surface area (Å²) in [5.41, 5.74) is 0.760. The summed E-state index contributed by atoms with van der Waals surface area (Å²) in [5.74, 6) is -0.229. The Bertz CT molecular complexity index is 401. The summed E-state index contributed by atoms with van der Waals surface area (Å²) in [6.07, 6.45) is 1.31. The van der Waals surface area contributed by atoms with Crippen LogP contribution in [0.15, 0.2) is 24.3 Å². The molecule has 0 aromatic heterocycles. The number of carbonyl (C=O) groups is 1. The lowest BCUT2D eigenvalue weighted by Gasteiger charge is -2.14. The Hall–Kier alpha value is -1.55. The van der Waals surface area contributed by atoms with Gasteiger partial charge in [0, 0.05) is 13.0 Å². The predicted molar refractivity (Wildman–Crippen MR) is 73.3 cm³/mol. The molecule has 106 valence electrons. The smallest absolute Gasteiger partial charge is 0.333 e. The lowest BCUT2D eigenvalue weighted by Crippen LogP contribution is -2.27. The van der Waals surface area contributed by atoms with Gasteiger partial charge in [-0.2, -0.15) is 0 Å². The Labute approximate surface area is 114 Å². The second-order valence-electron chi connectivity index (χ2n) is 5.11. The highest BCUT2D eigenvalue weighted by atomic mass is 16.5. The number of aromatic hydroxyl groups is 1. The van der Waals surface area contributed by atoms with Crippen molar-refractivity contribution in [2.75, 3.05) is 6.61 Å². The van der Waals surface area contributed by atoms with Crippen molar-refractivity contribution in [2.24, 2.45) is 5.92 Å². The van der Waals surface area contributed by atoms with Gasteiger partial charge in [-0.05, 0) is 36.5 Å². The molecule has 0 bridgehead atoms. The highest BCUT2D eigenvalue weighted by Crippen LogP contribution is 2.14. The average Bonchev–Trinajstić information content (AvgIpc) is 2.32. The van der Waals surface area contributed by atoms with E-state index >= 15 is 0 Å². The lowest BCUT2D eigenvalue weighted by atomic mass is 10.1. The molecular weight excluding hydrogens is 244 g/mol. The molecule has 0 heterocycles. The van der Waals surface area contributed by atoms with E-state index in [1.165, 1.54) is 0 Å². The van der Waals surface area contributed by atoms with Gasteiger partial charge in [-0.3, -0.25) is 0 Å². The van der Waals surface area contributed by atoms with Crippen LogP contribution in [0.4, 0.5) is 0 Å². The molecule has 1 atom stereocenters. The molecule has 0 saturated heterocycles. The summed E-state index contributed by atoms with van der Waals surface area (Å²) >= 11 is 0. The first-order valence-electron chi connectivity index (χ1n) is 6.61. The van der Waals surface area contributed by atoms with Crippen LogP contribution in [0.5, 0.6) is 5.75 Å². The van der Waals surface area contributed by atoms with E-state index in [1.807, 2.05) is 0 Å². The maximum absolute atomic E-state index is 11.1. The summed E-state index contributed by atoms with van der Waals surface area (Å²) in [6, 6.07) is 6.60. The number of ether oxygens (including phenoxy) is 1. The minimum atomic E-state index is -0.965. The van der Waals surface area contributed by atoms with Crippen LogP contribution in [0.25, 0.3) is 0 Å². The Morgan fingerprint density at radius 2 is 2.11 bits per heavy atom. The number of hydrogen-bond donors (Lipinski definition) is 2. The fraction of sp³-hybridized carbons (Fsp3) is 0.533. The molecule has 1 aromatic rings. The largest absolute Gasteiger partial charge is 0.508 e. The standard InChI is InChI=1S/C15H22O4/c1-11(2)5-4-8-19-14(15(17)18)10-12-6-3-7-13(16)9-12/h3,6-7,9,11,14,16H,4-5,8,10H2,1-2H3,(H,17,18)/t14-/m1/s1. The average molecular weight is 266 g/mol. The summed E-state index contributed by atoms with van der Waals surface area (Å²) in [7, 11) is 0. The molecular formula is C15H22O4. The molecule has 0 aliphatic carbocycles. The van der Waals surface area contributed by atoms with Gasteiger partial charge in [0.15, 0.2) is 6.10 Å². The van der Waals surface area contributed by atoms with E-state index in [2.05, 4.69) is 13.8 Å². The SMILES string of the molecule is CC(C)CCCO[C@H](Cc1cccc(O)c1)C(=O)O. The number of hydrogen-bond acceptors (Lipinski definition) is 3. The molecule has 4 nitrogen and oxygen atoms in total. The Kier molecular flexibility index (Phi) is 6.36. The monoisotopic (exact) mass is 266 g/mol. The second kappa shape index (κ2) is 7.79. The first-order valence-corrected chi connectivity index (χ1v) is 6.61. The van der Waals surface area contributed by atoms with Crippen LogP contribution in [0.2, 0.25) is 0 Å². The van der Waals surface area contributed by atoms with Crippen molar-refractivity contribution in [1.29, 1.82) is 0 Å². The lowest BCUT2D eigenvalue weighted by molar-refractivity contribution is -0.150. The summed E-state index contributed by atoms with van der Waals surface area (Å²) in [5, 5.41) is 18.5. The predicted octanol–water partition coefficient (Wildman–Crippen LogP) is 2.84. The molecule has 2 N–H and O–H groups in total. The van der Waals surface area contributed by atoms with Crippen molar-refractivity contribution in [3.8, 4) is 5.75 Å². The number of phenols is 1. The van der Waals surface area contributed by atoms with Crippen LogP contribution in [-0.2, 0) is 16.0 Å². The Morgan fingerprint density at radius 1 is 1.37 bits per heavy atom. The van der Waals surface area contributed by atoms with Crippen molar-refractivity contribution >= 4 is 5.97 Å². The minimum Gasteiger partial charge on any atom is -0.508 e. The number of carboxylic acids is 1. The fourth-order valence-corrected chi connectivity index (χ4v) is 1.83. The second-order valence-corrected chi connectivity index (χ2v) is 5.11. The number of carboxylic acid groups (broad SMARTS) is 1. The quantitative estimate of drug-likeness (QED) is 0.710. The van der Waals surface area contributed by atoms with E-state index in [-0.39, 0.29) is 12.2 Å². The van der Waals surface area contributed by atoms with Gasteiger partial charge in [0.05, 0.1) is 0 Å². The number of rotatable bonds is 8. The zero-order valence-corrected chi connectivity index (χ0v) is 11.5.